The number of aryl methyl sites for hydroxylation is 2. The Morgan fingerprint density at radius 3 is 2.46 bits per heavy atom. The molecule has 1 amide bonds. The van der Waals surface area contributed by atoms with Crippen LogP contribution in [0.4, 0.5) is 5.69 Å². The van der Waals surface area contributed by atoms with Crippen molar-refractivity contribution in [2.75, 3.05) is 31.5 Å². The monoisotopic (exact) mass is 605 g/mol. The molecule has 4 rings (SSSR count). The summed E-state index contributed by atoms with van der Waals surface area (Å²) in [5, 5.41) is 9.79. The van der Waals surface area contributed by atoms with Crippen LogP contribution >= 0.6 is 0 Å². The maximum absolute atomic E-state index is 13.7. The molecule has 222 valence electrons. The van der Waals surface area contributed by atoms with Crippen LogP contribution in [0.25, 0.3) is 0 Å². The summed E-state index contributed by atoms with van der Waals surface area (Å²) in [6, 6.07) is 10.2. The lowest BCUT2D eigenvalue weighted by atomic mass is 9.99. The maximum atomic E-state index is 13.7. The second-order valence-electron chi connectivity index (χ2n) is 10.4. The Bertz CT molecular complexity index is 1620. The van der Waals surface area contributed by atoms with E-state index in [4.69, 9.17) is 4.74 Å². The minimum absolute atomic E-state index is 0.0448. The summed E-state index contributed by atoms with van der Waals surface area (Å²) in [6.45, 7) is 5.21. The van der Waals surface area contributed by atoms with Gasteiger partial charge >= 0.3 is 0 Å². The van der Waals surface area contributed by atoms with Crippen LogP contribution in [0.1, 0.15) is 29.8 Å². The summed E-state index contributed by atoms with van der Waals surface area (Å²) >= 11 is 0. The minimum atomic E-state index is -3.94. The van der Waals surface area contributed by atoms with Crippen LogP contribution in [-0.4, -0.2) is 85.5 Å². The number of nitrogens with one attached hydrogen (secondary N) is 1. The smallest absolute Gasteiger partial charge is 0.261 e. The molecule has 0 radical (unpaired) electrons. The third-order valence-corrected chi connectivity index (χ3v) is 10.1. The average Bonchev–Trinajstić information content (AvgIpc) is 3.37. The van der Waals surface area contributed by atoms with Gasteiger partial charge in [-0.1, -0.05) is 24.6 Å². The molecule has 1 aromatic heterocycles. The fourth-order valence-electron chi connectivity index (χ4n) is 4.47. The lowest BCUT2D eigenvalue weighted by molar-refractivity contribution is 0.0387. The second-order valence-corrected chi connectivity index (χ2v) is 14.1. The van der Waals surface area contributed by atoms with Gasteiger partial charge in [0.1, 0.15) is 11.9 Å². The van der Waals surface area contributed by atoms with Gasteiger partial charge < -0.3 is 19.3 Å². The van der Waals surface area contributed by atoms with E-state index in [0.29, 0.717) is 0 Å². The fraction of sp³-hybridized carbons (Fsp3) is 0.407. The van der Waals surface area contributed by atoms with Crippen LogP contribution in [0.2, 0.25) is 0 Å². The number of carbonyl (C=O) groups is 1. The molecule has 3 aromatic rings. The number of aliphatic hydroxyl groups is 1. The normalized spacial score (nSPS) is 18.8. The highest BCUT2D eigenvalue weighted by molar-refractivity contribution is 7.92. The van der Waals surface area contributed by atoms with Gasteiger partial charge in [0, 0.05) is 38.4 Å². The van der Waals surface area contributed by atoms with E-state index in [-0.39, 0.29) is 52.5 Å². The number of sulfonamides is 2. The predicted molar refractivity (Wildman–Crippen MR) is 153 cm³/mol. The molecular formula is C27H35N5O7S2. The van der Waals surface area contributed by atoms with Crippen LogP contribution in [-0.2, 0) is 27.1 Å². The highest BCUT2D eigenvalue weighted by Gasteiger charge is 2.36. The largest absolute Gasteiger partial charge is 0.488 e. The van der Waals surface area contributed by atoms with E-state index in [9.17, 15) is 26.7 Å². The molecule has 0 aliphatic carbocycles. The minimum Gasteiger partial charge on any atom is -0.488 e. The van der Waals surface area contributed by atoms with Gasteiger partial charge in [0.05, 0.1) is 36.0 Å². The number of imidazole rings is 1. The average molecular weight is 606 g/mol. The topological polar surface area (TPSA) is 151 Å². The molecule has 2 aromatic carbocycles. The quantitative estimate of drug-likeness (QED) is 0.376. The van der Waals surface area contributed by atoms with E-state index in [1.165, 1.54) is 59.4 Å². The van der Waals surface area contributed by atoms with Gasteiger partial charge in [-0.3, -0.25) is 9.52 Å². The van der Waals surface area contributed by atoms with Crippen molar-refractivity contribution in [3.8, 4) is 5.75 Å². The maximum Gasteiger partial charge on any atom is 0.261 e. The van der Waals surface area contributed by atoms with Crippen LogP contribution < -0.4 is 9.46 Å². The van der Waals surface area contributed by atoms with E-state index < -0.39 is 38.1 Å². The molecule has 0 spiro atoms. The molecule has 0 saturated carbocycles. The third kappa shape index (κ3) is 6.56. The molecule has 2 N–H and O–H groups in total. The van der Waals surface area contributed by atoms with Crippen LogP contribution in [0.15, 0.2) is 64.9 Å². The number of nitrogens with zero attached hydrogens (tertiary/aromatic N) is 4. The molecule has 1 aliphatic rings. The number of fused-ring (bicyclic) bond motifs is 1. The van der Waals surface area contributed by atoms with Crippen molar-refractivity contribution in [3.05, 3.63) is 66.1 Å². The Balaban J connectivity index is 1.68. The third-order valence-electron chi connectivity index (χ3n) is 7.04. The lowest BCUT2D eigenvalue weighted by Crippen LogP contribution is -2.50. The standard InChI is InChI=1S/C27H35N5O7S2/c1-18-6-9-22(10-7-18)40(35,36)29-21-8-11-24-23(12-21)27(34)32(20(3)16-33)13-19(2)25(39-24)14-31(5)41(37,38)26-15-30(4)17-28-26/h6-12,15,17,19-20,25,29,33H,13-14,16H2,1-5H3/t19-,20+,25+/m0/s1. The number of amides is 1. The number of benzene rings is 2. The van der Waals surface area contributed by atoms with Gasteiger partial charge in [0.2, 0.25) is 0 Å². The number of carbonyl (C=O) groups excluding carboxylic acids is 1. The fourth-order valence-corrected chi connectivity index (χ4v) is 6.66. The summed E-state index contributed by atoms with van der Waals surface area (Å²) in [4.78, 5) is 19.2. The Morgan fingerprint density at radius 1 is 1.17 bits per heavy atom. The van der Waals surface area contributed by atoms with Crippen molar-refractivity contribution in [2.45, 2.75) is 42.8 Å². The van der Waals surface area contributed by atoms with Crippen molar-refractivity contribution in [1.29, 1.82) is 0 Å². The molecule has 3 atom stereocenters. The molecule has 2 heterocycles. The summed E-state index contributed by atoms with van der Waals surface area (Å²) in [6.07, 6.45) is 2.12. The highest BCUT2D eigenvalue weighted by atomic mass is 32.2. The van der Waals surface area contributed by atoms with Gasteiger partial charge in [-0.05, 0) is 44.2 Å². The summed E-state index contributed by atoms with van der Waals surface area (Å²) in [5.41, 5.74) is 1.15. The van der Waals surface area contributed by atoms with Gasteiger partial charge in [-0.15, -0.1) is 0 Å². The van der Waals surface area contributed by atoms with E-state index in [1.54, 1.807) is 26.1 Å². The Kier molecular flexibility index (Phi) is 8.78. The molecule has 0 fully saturated rings. The van der Waals surface area contributed by atoms with Crippen molar-refractivity contribution >= 4 is 31.6 Å². The number of aliphatic hydroxyl groups excluding tert-OH is 1. The van der Waals surface area contributed by atoms with Crippen molar-refractivity contribution in [1.82, 2.24) is 18.8 Å². The van der Waals surface area contributed by atoms with Gasteiger partial charge in [0.15, 0.2) is 5.03 Å². The Hall–Kier alpha value is -3.46. The summed E-state index contributed by atoms with van der Waals surface area (Å²) < 4.78 is 63.7. The first kappa shape index (κ1) is 30.5. The molecule has 0 saturated heterocycles. The van der Waals surface area contributed by atoms with E-state index in [0.717, 1.165) is 9.87 Å². The summed E-state index contributed by atoms with van der Waals surface area (Å²) in [7, 11) is -4.75. The lowest BCUT2D eigenvalue weighted by Gasteiger charge is -2.38. The molecular weight excluding hydrogens is 570 g/mol. The number of likely N-dealkylation sites (N-methyl/N-ethyl adjacent to an activating group) is 1. The molecule has 1 aliphatic heterocycles. The Morgan fingerprint density at radius 2 is 1.85 bits per heavy atom. The van der Waals surface area contributed by atoms with Crippen LogP contribution in [0.5, 0.6) is 5.75 Å². The van der Waals surface area contributed by atoms with E-state index in [2.05, 4.69) is 9.71 Å². The second kappa shape index (κ2) is 11.8. The Labute approximate surface area is 240 Å². The predicted octanol–water partition coefficient (Wildman–Crippen LogP) is 2.07. The number of aromatic nitrogens is 2. The van der Waals surface area contributed by atoms with Crippen LogP contribution in [0, 0.1) is 12.8 Å². The number of anilines is 1. The molecule has 12 nitrogen and oxygen atoms in total. The number of hydrogen-bond donors (Lipinski definition) is 2. The number of ether oxygens (including phenoxy) is 1. The number of rotatable bonds is 9. The van der Waals surface area contributed by atoms with E-state index in [1.807, 2.05) is 13.8 Å². The van der Waals surface area contributed by atoms with Gasteiger partial charge in [-0.2, -0.15) is 4.31 Å². The zero-order valence-electron chi connectivity index (χ0n) is 23.6. The van der Waals surface area contributed by atoms with Gasteiger partial charge in [0.25, 0.3) is 26.0 Å². The molecule has 0 bridgehead atoms. The molecule has 41 heavy (non-hydrogen) atoms. The first-order chi connectivity index (χ1) is 19.2. The van der Waals surface area contributed by atoms with E-state index >= 15 is 0 Å². The van der Waals surface area contributed by atoms with Crippen LogP contribution in [0.3, 0.4) is 0 Å². The molecule has 0 unspecified atom stereocenters. The van der Waals surface area contributed by atoms with Crippen molar-refractivity contribution < 1.29 is 31.5 Å². The van der Waals surface area contributed by atoms with Gasteiger partial charge in [-0.25, -0.2) is 21.8 Å². The zero-order valence-corrected chi connectivity index (χ0v) is 25.2. The zero-order chi connectivity index (χ0) is 30.1. The first-order valence-electron chi connectivity index (χ1n) is 13.0. The summed E-state index contributed by atoms with van der Waals surface area (Å²) in [5.74, 6) is -0.608. The first-order valence-corrected chi connectivity index (χ1v) is 15.9. The number of hydrogen-bond acceptors (Lipinski definition) is 8. The van der Waals surface area contributed by atoms with Crippen molar-refractivity contribution in [2.24, 2.45) is 13.0 Å². The molecule has 14 heteroatoms. The van der Waals surface area contributed by atoms with Crippen molar-refractivity contribution in [3.63, 3.8) is 0 Å². The highest BCUT2D eigenvalue weighted by Crippen LogP contribution is 2.32. The SMILES string of the molecule is Cc1ccc(S(=O)(=O)Nc2ccc3c(c2)C(=O)N([C@H](C)CO)C[C@H](C)[C@@H](CN(C)S(=O)(=O)c2cn(C)cn2)O3)cc1.